The van der Waals surface area contributed by atoms with Crippen LogP contribution in [0, 0.1) is 11.8 Å². The van der Waals surface area contributed by atoms with Gasteiger partial charge in [-0.2, -0.15) is 0 Å². The summed E-state index contributed by atoms with van der Waals surface area (Å²) in [4.78, 5) is 17.7. The Balaban J connectivity index is 2.42. The van der Waals surface area contributed by atoms with E-state index in [0.29, 0.717) is 12.3 Å². The predicted molar refractivity (Wildman–Crippen MR) is 134 cm³/mol. The van der Waals surface area contributed by atoms with Crippen LogP contribution in [0.5, 0.6) is 0 Å². The summed E-state index contributed by atoms with van der Waals surface area (Å²) in [6.45, 7) is 17.9. The fraction of sp³-hybridized carbons (Fsp3) is 0.833. The number of hydrogen-bond donors (Lipinski definition) is 2. The summed E-state index contributed by atoms with van der Waals surface area (Å²) in [5, 5.41) is 6.54. The molecule has 1 aromatic rings. The van der Waals surface area contributed by atoms with Gasteiger partial charge < -0.3 is 15.5 Å². The molecule has 2 rings (SSSR count). The zero-order valence-electron chi connectivity index (χ0n) is 21.0. The SMILES string of the molecule is CC[C@@](O[Si](C)(C)C(C)(C)C)(c1nccs1)C1CCCC[C@H]1NC(=O)[C@@H](N)CC(C)C. The van der Waals surface area contributed by atoms with Crippen molar-refractivity contribution >= 4 is 25.6 Å². The van der Waals surface area contributed by atoms with Gasteiger partial charge in [-0.15, -0.1) is 11.3 Å². The Labute approximate surface area is 195 Å². The Morgan fingerprint density at radius 2 is 1.97 bits per heavy atom. The number of aromatic nitrogens is 1. The molecule has 0 aliphatic heterocycles. The van der Waals surface area contributed by atoms with Gasteiger partial charge in [0.25, 0.3) is 0 Å². The van der Waals surface area contributed by atoms with Crippen LogP contribution in [0.4, 0.5) is 0 Å². The molecule has 0 saturated heterocycles. The van der Waals surface area contributed by atoms with Gasteiger partial charge in [-0.1, -0.05) is 54.4 Å². The third kappa shape index (κ3) is 6.18. The zero-order chi connectivity index (χ0) is 23.4. The molecule has 1 heterocycles. The van der Waals surface area contributed by atoms with Gasteiger partial charge in [0.05, 0.1) is 6.04 Å². The number of nitrogens with zero attached hydrogens (tertiary/aromatic N) is 1. The van der Waals surface area contributed by atoms with Crippen molar-refractivity contribution < 1.29 is 9.22 Å². The summed E-state index contributed by atoms with van der Waals surface area (Å²) in [5.41, 5.74) is 5.75. The smallest absolute Gasteiger partial charge is 0.237 e. The molecule has 7 heteroatoms. The molecule has 3 N–H and O–H groups in total. The molecule has 178 valence electrons. The first-order valence-electron chi connectivity index (χ1n) is 12.0. The van der Waals surface area contributed by atoms with Crippen molar-refractivity contribution in [1.29, 1.82) is 0 Å². The van der Waals surface area contributed by atoms with Crippen molar-refractivity contribution in [3.05, 3.63) is 16.6 Å². The predicted octanol–water partition coefficient (Wildman–Crippen LogP) is 5.82. The lowest BCUT2D eigenvalue weighted by Crippen LogP contribution is -2.58. The first-order chi connectivity index (χ1) is 14.3. The summed E-state index contributed by atoms with van der Waals surface area (Å²) in [6.07, 6.45) is 7.72. The van der Waals surface area contributed by atoms with Crippen LogP contribution in [-0.4, -0.2) is 31.3 Å². The lowest BCUT2D eigenvalue weighted by Gasteiger charge is -2.51. The minimum atomic E-state index is -2.09. The summed E-state index contributed by atoms with van der Waals surface area (Å²) in [5.74, 6) is 0.568. The van der Waals surface area contributed by atoms with Crippen LogP contribution >= 0.6 is 11.3 Å². The molecule has 0 spiro atoms. The maximum absolute atomic E-state index is 13.0. The first kappa shape index (κ1) is 26.5. The van der Waals surface area contributed by atoms with E-state index in [9.17, 15) is 4.79 Å². The topological polar surface area (TPSA) is 77.2 Å². The Hall–Kier alpha value is -0.763. The van der Waals surface area contributed by atoms with Gasteiger partial charge in [-0.3, -0.25) is 4.79 Å². The van der Waals surface area contributed by atoms with Gasteiger partial charge in [-0.25, -0.2) is 4.98 Å². The normalized spacial score (nSPS) is 23.4. The molecule has 1 saturated carbocycles. The Morgan fingerprint density at radius 1 is 1.32 bits per heavy atom. The lowest BCUT2D eigenvalue weighted by molar-refractivity contribution is -0.125. The van der Waals surface area contributed by atoms with Gasteiger partial charge in [0.1, 0.15) is 10.6 Å². The average Bonchev–Trinajstić information content (AvgIpc) is 3.20. The maximum Gasteiger partial charge on any atom is 0.237 e. The molecule has 1 aromatic heterocycles. The molecule has 1 amide bonds. The largest absolute Gasteiger partial charge is 0.405 e. The highest BCUT2D eigenvalue weighted by Gasteiger charge is 2.52. The minimum Gasteiger partial charge on any atom is -0.405 e. The van der Waals surface area contributed by atoms with Gasteiger partial charge in [0, 0.05) is 23.5 Å². The van der Waals surface area contributed by atoms with Crippen molar-refractivity contribution in [3.8, 4) is 0 Å². The van der Waals surface area contributed by atoms with E-state index >= 15 is 0 Å². The summed E-state index contributed by atoms with van der Waals surface area (Å²) in [6, 6.07) is -0.396. The van der Waals surface area contributed by atoms with E-state index in [-0.39, 0.29) is 22.9 Å². The lowest BCUT2D eigenvalue weighted by atomic mass is 9.72. The Morgan fingerprint density at radius 3 is 2.48 bits per heavy atom. The fourth-order valence-electron chi connectivity index (χ4n) is 4.57. The Bertz CT molecular complexity index is 702. The number of thiazole rings is 1. The standard InChI is InChI=1S/C24H45N3O2SSi/c1-9-24(22-26-14-15-30-22,29-31(7,8)23(4,5)6)18-12-10-11-13-20(18)27-21(28)19(25)16-17(2)3/h14-15,17-20H,9-13,16,25H2,1-8H3,(H,27,28)/t18?,19-,20+,24-/m0/s1. The van der Waals surface area contributed by atoms with Gasteiger partial charge in [0.15, 0.2) is 8.32 Å². The van der Waals surface area contributed by atoms with Crippen LogP contribution in [0.2, 0.25) is 18.1 Å². The number of nitrogens with two attached hydrogens (primary N) is 1. The van der Waals surface area contributed by atoms with Gasteiger partial charge in [0.2, 0.25) is 5.91 Å². The summed E-state index contributed by atoms with van der Waals surface area (Å²) < 4.78 is 7.26. The maximum atomic E-state index is 13.0. The molecule has 1 aliphatic rings. The monoisotopic (exact) mass is 467 g/mol. The fourth-order valence-corrected chi connectivity index (χ4v) is 7.16. The molecule has 1 fully saturated rings. The number of carbonyl (C=O) groups excluding carboxylic acids is 1. The van der Waals surface area contributed by atoms with E-state index in [0.717, 1.165) is 37.1 Å². The van der Waals surface area contributed by atoms with Gasteiger partial charge >= 0.3 is 0 Å². The number of carbonyl (C=O) groups is 1. The van der Waals surface area contributed by atoms with Crippen LogP contribution < -0.4 is 11.1 Å². The number of hydrogen-bond acceptors (Lipinski definition) is 5. The van der Waals surface area contributed by atoms with Crippen LogP contribution in [0.25, 0.3) is 0 Å². The number of rotatable bonds is 9. The van der Waals surface area contributed by atoms with Crippen LogP contribution in [0.15, 0.2) is 11.6 Å². The molecule has 0 radical (unpaired) electrons. The summed E-state index contributed by atoms with van der Waals surface area (Å²) >= 11 is 1.68. The third-order valence-corrected chi connectivity index (χ3v) is 12.7. The first-order valence-corrected chi connectivity index (χ1v) is 15.8. The average molecular weight is 468 g/mol. The number of nitrogens with one attached hydrogen (secondary N) is 1. The highest BCUT2D eigenvalue weighted by Crippen LogP contribution is 2.50. The molecule has 0 aromatic carbocycles. The van der Waals surface area contributed by atoms with Crippen molar-refractivity contribution in [2.45, 2.75) is 116 Å². The van der Waals surface area contributed by atoms with Crippen molar-refractivity contribution in [2.75, 3.05) is 0 Å². The summed E-state index contributed by atoms with van der Waals surface area (Å²) in [7, 11) is -2.09. The van der Waals surface area contributed by atoms with Crippen LogP contribution in [-0.2, 0) is 14.8 Å². The van der Waals surface area contributed by atoms with E-state index in [1.165, 1.54) is 0 Å². The van der Waals surface area contributed by atoms with E-state index in [1.54, 1.807) is 11.3 Å². The molecule has 5 nitrogen and oxygen atoms in total. The third-order valence-electron chi connectivity index (χ3n) is 7.32. The minimum absolute atomic E-state index is 0.0259. The van der Waals surface area contributed by atoms with E-state index in [2.05, 4.69) is 60.0 Å². The Kier molecular flexibility index (Phi) is 8.93. The highest BCUT2D eigenvalue weighted by atomic mass is 32.1. The second-order valence-electron chi connectivity index (χ2n) is 11.2. The molecular weight excluding hydrogens is 422 g/mol. The molecule has 0 bridgehead atoms. The van der Waals surface area contributed by atoms with Crippen molar-refractivity contribution in [3.63, 3.8) is 0 Å². The molecule has 1 aliphatic carbocycles. The second-order valence-corrected chi connectivity index (χ2v) is 16.8. The van der Waals surface area contributed by atoms with E-state index in [4.69, 9.17) is 15.1 Å². The molecule has 31 heavy (non-hydrogen) atoms. The van der Waals surface area contributed by atoms with E-state index in [1.807, 2.05) is 11.6 Å². The van der Waals surface area contributed by atoms with Crippen LogP contribution in [0.3, 0.4) is 0 Å². The van der Waals surface area contributed by atoms with Crippen LogP contribution in [0.1, 0.15) is 85.1 Å². The molecule has 4 atom stereocenters. The molecular formula is C24H45N3O2SSi. The van der Waals surface area contributed by atoms with Crippen molar-refractivity contribution in [1.82, 2.24) is 10.3 Å². The molecule has 1 unspecified atom stereocenters. The van der Waals surface area contributed by atoms with E-state index < -0.39 is 20.0 Å². The second kappa shape index (κ2) is 10.4. The van der Waals surface area contributed by atoms with Crippen molar-refractivity contribution in [2.24, 2.45) is 17.6 Å². The zero-order valence-corrected chi connectivity index (χ0v) is 22.8. The number of amides is 1. The highest BCUT2D eigenvalue weighted by molar-refractivity contribution is 7.09. The quantitative estimate of drug-likeness (QED) is 0.449. The van der Waals surface area contributed by atoms with Gasteiger partial charge in [-0.05, 0) is 49.7 Å².